The normalized spacial score (nSPS) is 27.9. The third-order valence-electron chi connectivity index (χ3n) is 3.07. The monoisotopic (exact) mass is 211 g/mol. The number of nitrogens with one attached hydrogen (secondary N) is 1. The summed E-state index contributed by atoms with van der Waals surface area (Å²) in [4.78, 5) is 0. The first-order valence-corrected chi connectivity index (χ1v) is 6.14. The van der Waals surface area contributed by atoms with E-state index in [-0.39, 0.29) is 0 Å². The Morgan fingerprint density at radius 2 is 2.33 bits per heavy atom. The zero-order valence-corrected chi connectivity index (χ0v) is 10.4. The zero-order valence-electron chi connectivity index (χ0n) is 10.4. The molecule has 0 aromatic carbocycles. The maximum atomic E-state index is 5.82. The second-order valence-electron chi connectivity index (χ2n) is 4.82. The first-order valence-electron chi connectivity index (χ1n) is 6.14. The Bertz CT molecular complexity index is 203. The average molecular weight is 211 g/mol. The van der Waals surface area contributed by atoms with E-state index in [9.17, 15) is 0 Å². The predicted octanol–water partition coefficient (Wildman–Crippen LogP) is 2.75. The van der Waals surface area contributed by atoms with Gasteiger partial charge in [-0.1, -0.05) is 19.4 Å². The Morgan fingerprint density at radius 1 is 1.60 bits per heavy atom. The SMILES string of the molecule is C=C(C)CC(NCCC)C1OCCC1C. The largest absolute Gasteiger partial charge is 0.376 e. The minimum Gasteiger partial charge on any atom is -0.376 e. The molecule has 1 aliphatic heterocycles. The van der Waals surface area contributed by atoms with Gasteiger partial charge in [0.2, 0.25) is 0 Å². The number of hydrogen-bond acceptors (Lipinski definition) is 2. The Balaban J connectivity index is 2.49. The molecule has 2 heteroatoms. The summed E-state index contributed by atoms with van der Waals surface area (Å²) in [6, 6.07) is 0.458. The van der Waals surface area contributed by atoms with E-state index in [0.717, 1.165) is 19.6 Å². The molecule has 0 amide bonds. The van der Waals surface area contributed by atoms with Crippen LogP contribution < -0.4 is 5.32 Å². The van der Waals surface area contributed by atoms with Gasteiger partial charge >= 0.3 is 0 Å². The van der Waals surface area contributed by atoms with Gasteiger partial charge in [0.15, 0.2) is 0 Å². The van der Waals surface area contributed by atoms with E-state index >= 15 is 0 Å². The topological polar surface area (TPSA) is 21.3 Å². The van der Waals surface area contributed by atoms with Gasteiger partial charge in [-0.15, -0.1) is 6.58 Å². The van der Waals surface area contributed by atoms with Crippen LogP contribution in [0.2, 0.25) is 0 Å². The summed E-state index contributed by atoms with van der Waals surface area (Å²) in [6.45, 7) is 12.6. The van der Waals surface area contributed by atoms with Crippen LogP contribution >= 0.6 is 0 Å². The fourth-order valence-electron chi connectivity index (χ4n) is 2.24. The summed E-state index contributed by atoms with van der Waals surface area (Å²) in [6.07, 6.45) is 3.79. The summed E-state index contributed by atoms with van der Waals surface area (Å²) >= 11 is 0. The highest BCUT2D eigenvalue weighted by Gasteiger charge is 2.31. The molecule has 0 aromatic heterocycles. The number of hydrogen-bond donors (Lipinski definition) is 1. The molecule has 0 bridgehead atoms. The minimum atomic E-state index is 0.383. The summed E-state index contributed by atoms with van der Waals surface area (Å²) in [5.41, 5.74) is 1.24. The van der Waals surface area contributed by atoms with Gasteiger partial charge in [-0.3, -0.25) is 0 Å². The molecule has 0 radical (unpaired) electrons. The van der Waals surface area contributed by atoms with Gasteiger partial charge in [-0.05, 0) is 38.6 Å². The zero-order chi connectivity index (χ0) is 11.3. The van der Waals surface area contributed by atoms with E-state index in [1.165, 1.54) is 18.4 Å². The van der Waals surface area contributed by atoms with Gasteiger partial charge in [0.1, 0.15) is 0 Å². The molecule has 0 saturated carbocycles. The Labute approximate surface area is 94.1 Å². The van der Waals surface area contributed by atoms with E-state index in [1.54, 1.807) is 0 Å². The summed E-state index contributed by atoms with van der Waals surface area (Å²) in [5, 5.41) is 3.59. The van der Waals surface area contributed by atoms with Crippen LogP contribution in [-0.2, 0) is 4.74 Å². The van der Waals surface area contributed by atoms with Crippen LogP contribution in [0.1, 0.15) is 40.0 Å². The highest BCUT2D eigenvalue weighted by atomic mass is 16.5. The molecule has 1 fully saturated rings. The van der Waals surface area contributed by atoms with Crippen LogP contribution in [0.15, 0.2) is 12.2 Å². The lowest BCUT2D eigenvalue weighted by molar-refractivity contribution is 0.0610. The molecule has 1 aliphatic rings. The molecule has 0 aliphatic carbocycles. The van der Waals surface area contributed by atoms with Crippen molar-refractivity contribution < 1.29 is 4.74 Å². The maximum Gasteiger partial charge on any atom is 0.0757 e. The highest BCUT2D eigenvalue weighted by molar-refractivity contribution is 4.97. The summed E-state index contributed by atoms with van der Waals surface area (Å²) < 4.78 is 5.82. The summed E-state index contributed by atoms with van der Waals surface area (Å²) in [7, 11) is 0. The third-order valence-corrected chi connectivity index (χ3v) is 3.07. The molecule has 15 heavy (non-hydrogen) atoms. The Morgan fingerprint density at radius 3 is 2.80 bits per heavy atom. The van der Waals surface area contributed by atoms with E-state index < -0.39 is 0 Å². The van der Waals surface area contributed by atoms with Crippen molar-refractivity contribution >= 4 is 0 Å². The third kappa shape index (κ3) is 3.96. The number of rotatable bonds is 6. The van der Waals surface area contributed by atoms with Crippen molar-refractivity contribution in [3.05, 3.63) is 12.2 Å². The van der Waals surface area contributed by atoms with Gasteiger partial charge in [-0.2, -0.15) is 0 Å². The van der Waals surface area contributed by atoms with Crippen LogP contribution in [0.25, 0.3) is 0 Å². The lowest BCUT2D eigenvalue weighted by Crippen LogP contribution is -2.42. The minimum absolute atomic E-state index is 0.383. The fraction of sp³-hybridized carbons (Fsp3) is 0.846. The van der Waals surface area contributed by atoms with Crippen molar-refractivity contribution in [2.45, 2.75) is 52.2 Å². The Kier molecular flexibility index (Phi) is 5.34. The van der Waals surface area contributed by atoms with Gasteiger partial charge < -0.3 is 10.1 Å². The quantitative estimate of drug-likeness (QED) is 0.682. The molecular weight excluding hydrogens is 186 g/mol. The standard InChI is InChI=1S/C13H25NO/c1-5-7-14-12(9-10(2)3)13-11(4)6-8-15-13/h11-14H,2,5-9H2,1,3-4H3. The van der Waals surface area contributed by atoms with Crippen LogP contribution in [0.5, 0.6) is 0 Å². The molecule has 2 nitrogen and oxygen atoms in total. The second kappa shape index (κ2) is 6.29. The first-order chi connectivity index (χ1) is 7.15. The Hall–Kier alpha value is -0.340. The van der Waals surface area contributed by atoms with Crippen molar-refractivity contribution in [3.8, 4) is 0 Å². The molecule has 1 heterocycles. The van der Waals surface area contributed by atoms with Gasteiger partial charge in [0.25, 0.3) is 0 Å². The lowest BCUT2D eigenvalue weighted by atomic mass is 9.93. The smallest absolute Gasteiger partial charge is 0.0757 e. The van der Waals surface area contributed by atoms with Crippen LogP contribution in [0.4, 0.5) is 0 Å². The van der Waals surface area contributed by atoms with Crippen molar-refractivity contribution in [2.75, 3.05) is 13.2 Å². The van der Waals surface area contributed by atoms with E-state index in [0.29, 0.717) is 18.1 Å². The van der Waals surface area contributed by atoms with E-state index in [4.69, 9.17) is 4.74 Å². The predicted molar refractivity (Wildman–Crippen MR) is 65.0 cm³/mol. The molecular formula is C13H25NO. The molecule has 3 atom stereocenters. The van der Waals surface area contributed by atoms with E-state index in [2.05, 4.69) is 32.7 Å². The van der Waals surface area contributed by atoms with Gasteiger partial charge in [0.05, 0.1) is 6.10 Å². The van der Waals surface area contributed by atoms with Crippen molar-refractivity contribution in [1.82, 2.24) is 5.32 Å². The van der Waals surface area contributed by atoms with Crippen LogP contribution in [0, 0.1) is 5.92 Å². The lowest BCUT2D eigenvalue weighted by Gasteiger charge is -2.27. The fourth-order valence-corrected chi connectivity index (χ4v) is 2.24. The molecule has 3 unspecified atom stereocenters. The van der Waals surface area contributed by atoms with Crippen molar-refractivity contribution in [1.29, 1.82) is 0 Å². The second-order valence-corrected chi connectivity index (χ2v) is 4.82. The summed E-state index contributed by atoms with van der Waals surface area (Å²) in [5.74, 6) is 0.679. The molecule has 0 spiro atoms. The molecule has 88 valence electrons. The van der Waals surface area contributed by atoms with Gasteiger partial charge in [0, 0.05) is 12.6 Å². The molecule has 1 N–H and O–H groups in total. The van der Waals surface area contributed by atoms with Gasteiger partial charge in [-0.25, -0.2) is 0 Å². The average Bonchev–Trinajstić information content (AvgIpc) is 2.58. The van der Waals surface area contributed by atoms with Crippen molar-refractivity contribution in [2.24, 2.45) is 5.92 Å². The van der Waals surface area contributed by atoms with Crippen LogP contribution in [-0.4, -0.2) is 25.3 Å². The van der Waals surface area contributed by atoms with E-state index in [1.807, 2.05) is 0 Å². The van der Waals surface area contributed by atoms with Crippen LogP contribution in [0.3, 0.4) is 0 Å². The number of ether oxygens (including phenoxy) is 1. The van der Waals surface area contributed by atoms with Crippen molar-refractivity contribution in [3.63, 3.8) is 0 Å². The molecule has 0 aromatic rings. The molecule has 1 saturated heterocycles. The first kappa shape index (κ1) is 12.7. The maximum absolute atomic E-state index is 5.82. The molecule has 1 rings (SSSR count). The highest BCUT2D eigenvalue weighted by Crippen LogP contribution is 2.25.